The van der Waals surface area contributed by atoms with Gasteiger partial charge in [-0.1, -0.05) is 13.8 Å². The molecule has 1 aliphatic heterocycles. The van der Waals surface area contributed by atoms with E-state index in [0.717, 1.165) is 45.6 Å². The predicted octanol–water partition coefficient (Wildman–Crippen LogP) is 1.26. The second kappa shape index (κ2) is 7.67. The third kappa shape index (κ3) is 5.50. The Morgan fingerprint density at radius 2 is 2.06 bits per heavy atom. The van der Waals surface area contributed by atoms with Gasteiger partial charge in [0.25, 0.3) is 0 Å². The number of nitrogens with one attached hydrogen (secondary N) is 1. The fourth-order valence-electron chi connectivity index (χ4n) is 2.05. The third-order valence-corrected chi connectivity index (χ3v) is 3.33. The Hall–Kier alpha value is -0.610. The van der Waals surface area contributed by atoms with Crippen LogP contribution in [0, 0.1) is 5.92 Å². The lowest BCUT2D eigenvalue weighted by Crippen LogP contribution is -2.38. The summed E-state index contributed by atoms with van der Waals surface area (Å²) in [6.45, 7) is 7.44. The maximum absolute atomic E-state index is 11.3. The summed E-state index contributed by atoms with van der Waals surface area (Å²) in [7, 11) is 2.17. The molecule has 1 heterocycles. The lowest BCUT2D eigenvalue weighted by Gasteiger charge is -2.31. The zero-order valence-electron chi connectivity index (χ0n) is 11.4. The summed E-state index contributed by atoms with van der Waals surface area (Å²) in [5.74, 6) is 0.238. The fourth-order valence-corrected chi connectivity index (χ4v) is 2.05. The molecule has 1 rings (SSSR count). The van der Waals surface area contributed by atoms with Crippen molar-refractivity contribution < 1.29 is 9.53 Å². The highest BCUT2D eigenvalue weighted by Gasteiger charge is 2.17. The Balaban J connectivity index is 2.07. The Morgan fingerprint density at radius 1 is 1.41 bits per heavy atom. The molecule has 1 N–H and O–H groups in total. The summed E-state index contributed by atoms with van der Waals surface area (Å²) < 4.78 is 5.35. The Bertz CT molecular complexity index is 225. The zero-order chi connectivity index (χ0) is 12.7. The molecule has 0 radical (unpaired) electrons. The van der Waals surface area contributed by atoms with Gasteiger partial charge in [-0.25, -0.2) is 0 Å². The van der Waals surface area contributed by atoms with Crippen molar-refractivity contribution >= 4 is 5.91 Å². The summed E-state index contributed by atoms with van der Waals surface area (Å²) >= 11 is 0. The highest BCUT2D eigenvalue weighted by molar-refractivity contribution is 5.77. The molecule has 0 bridgehead atoms. The van der Waals surface area contributed by atoms with Crippen molar-refractivity contribution in [1.29, 1.82) is 0 Å². The van der Waals surface area contributed by atoms with Gasteiger partial charge in [-0.05, 0) is 32.9 Å². The molecule has 17 heavy (non-hydrogen) atoms. The number of rotatable bonds is 6. The molecule has 0 aromatic carbocycles. The molecule has 1 fully saturated rings. The van der Waals surface area contributed by atoms with Crippen LogP contribution in [0.5, 0.6) is 0 Å². The molecule has 0 atom stereocenters. The van der Waals surface area contributed by atoms with Crippen molar-refractivity contribution in [3.63, 3.8) is 0 Å². The Labute approximate surface area is 105 Å². The lowest BCUT2D eigenvalue weighted by molar-refractivity contribution is -0.123. The molecule has 4 heteroatoms. The average Bonchev–Trinajstić information content (AvgIpc) is 2.35. The molecule has 1 amide bonds. The van der Waals surface area contributed by atoms with Crippen LogP contribution in [0.4, 0.5) is 0 Å². The number of ether oxygens (including phenoxy) is 1. The minimum absolute atomic E-state index is 0.0863. The first-order chi connectivity index (χ1) is 8.11. The molecule has 1 aliphatic rings. The number of carbonyl (C=O) groups excluding carboxylic acids is 1. The molecule has 0 aromatic rings. The van der Waals surface area contributed by atoms with E-state index in [1.807, 2.05) is 13.8 Å². The monoisotopic (exact) mass is 242 g/mol. The van der Waals surface area contributed by atoms with Crippen molar-refractivity contribution in [2.75, 3.05) is 33.4 Å². The molecule has 0 saturated carbocycles. The number of hydrogen-bond acceptors (Lipinski definition) is 3. The van der Waals surface area contributed by atoms with Gasteiger partial charge in [0, 0.05) is 31.7 Å². The first-order valence-corrected chi connectivity index (χ1v) is 6.67. The molecule has 0 unspecified atom stereocenters. The van der Waals surface area contributed by atoms with E-state index in [9.17, 15) is 4.79 Å². The number of carbonyl (C=O) groups is 1. The third-order valence-electron chi connectivity index (χ3n) is 3.33. The largest absolute Gasteiger partial charge is 0.381 e. The predicted molar refractivity (Wildman–Crippen MR) is 68.9 cm³/mol. The summed E-state index contributed by atoms with van der Waals surface area (Å²) in [6, 6.07) is 0.657. The van der Waals surface area contributed by atoms with Gasteiger partial charge >= 0.3 is 0 Å². The van der Waals surface area contributed by atoms with Crippen LogP contribution in [0.1, 0.15) is 33.1 Å². The topological polar surface area (TPSA) is 41.6 Å². The SMILES string of the molecule is CC(C)C(=O)NCCCN(C)C1CCOCC1. The second-order valence-corrected chi connectivity index (χ2v) is 5.12. The Morgan fingerprint density at radius 3 is 2.65 bits per heavy atom. The van der Waals surface area contributed by atoms with Crippen LogP contribution < -0.4 is 5.32 Å². The van der Waals surface area contributed by atoms with Crippen LogP contribution in [-0.4, -0.2) is 50.2 Å². The maximum atomic E-state index is 11.3. The van der Waals surface area contributed by atoms with Crippen molar-refractivity contribution in [1.82, 2.24) is 10.2 Å². The fraction of sp³-hybridized carbons (Fsp3) is 0.923. The molecule has 100 valence electrons. The maximum Gasteiger partial charge on any atom is 0.222 e. The minimum atomic E-state index is 0.0863. The summed E-state index contributed by atoms with van der Waals surface area (Å²) in [5.41, 5.74) is 0. The van der Waals surface area contributed by atoms with Crippen LogP contribution >= 0.6 is 0 Å². The molecule has 1 saturated heterocycles. The van der Waals surface area contributed by atoms with E-state index < -0.39 is 0 Å². The first kappa shape index (κ1) is 14.5. The summed E-state index contributed by atoms with van der Waals surface area (Å²) in [5, 5.41) is 2.95. The van der Waals surface area contributed by atoms with Gasteiger partial charge in [-0.2, -0.15) is 0 Å². The molecule has 0 aromatic heterocycles. The van der Waals surface area contributed by atoms with Crippen LogP contribution in [-0.2, 0) is 9.53 Å². The normalized spacial score (nSPS) is 17.7. The molecule has 4 nitrogen and oxygen atoms in total. The smallest absolute Gasteiger partial charge is 0.222 e. The van der Waals surface area contributed by atoms with Gasteiger partial charge in [0.2, 0.25) is 5.91 Å². The molecule has 0 spiro atoms. The Kier molecular flexibility index (Phi) is 6.52. The van der Waals surface area contributed by atoms with E-state index in [-0.39, 0.29) is 11.8 Å². The van der Waals surface area contributed by atoms with E-state index in [1.165, 1.54) is 0 Å². The first-order valence-electron chi connectivity index (χ1n) is 6.67. The van der Waals surface area contributed by atoms with Crippen molar-refractivity contribution in [3.8, 4) is 0 Å². The van der Waals surface area contributed by atoms with Crippen LogP contribution in [0.3, 0.4) is 0 Å². The van der Waals surface area contributed by atoms with E-state index >= 15 is 0 Å². The van der Waals surface area contributed by atoms with Gasteiger partial charge < -0.3 is 15.0 Å². The number of amides is 1. The van der Waals surface area contributed by atoms with Gasteiger partial charge in [-0.15, -0.1) is 0 Å². The van der Waals surface area contributed by atoms with E-state index in [1.54, 1.807) is 0 Å². The van der Waals surface area contributed by atoms with E-state index in [0.29, 0.717) is 6.04 Å². The molecule has 0 aliphatic carbocycles. The highest BCUT2D eigenvalue weighted by atomic mass is 16.5. The second-order valence-electron chi connectivity index (χ2n) is 5.12. The highest BCUT2D eigenvalue weighted by Crippen LogP contribution is 2.12. The van der Waals surface area contributed by atoms with Crippen molar-refractivity contribution in [2.45, 2.75) is 39.2 Å². The number of nitrogens with zero attached hydrogens (tertiary/aromatic N) is 1. The van der Waals surface area contributed by atoms with Gasteiger partial charge in [0.1, 0.15) is 0 Å². The van der Waals surface area contributed by atoms with Crippen molar-refractivity contribution in [3.05, 3.63) is 0 Å². The zero-order valence-corrected chi connectivity index (χ0v) is 11.4. The molecular formula is C13H26N2O2. The van der Waals surface area contributed by atoms with E-state index in [2.05, 4.69) is 17.3 Å². The van der Waals surface area contributed by atoms with Crippen LogP contribution in [0.2, 0.25) is 0 Å². The summed E-state index contributed by atoms with van der Waals surface area (Å²) in [4.78, 5) is 13.7. The van der Waals surface area contributed by atoms with Crippen LogP contribution in [0.15, 0.2) is 0 Å². The lowest BCUT2D eigenvalue weighted by atomic mass is 10.1. The van der Waals surface area contributed by atoms with E-state index in [4.69, 9.17) is 4.74 Å². The average molecular weight is 242 g/mol. The molecular weight excluding hydrogens is 216 g/mol. The van der Waals surface area contributed by atoms with Gasteiger partial charge in [0.05, 0.1) is 0 Å². The van der Waals surface area contributed by atoms with Gasteiger partial charge in [0.15, 0.2) is 0 Å². The van der Waals surface area contributed by atoms with Crippen LogP contribution in [0.25, 0.3) is 0 Å². The summed E-state index contributed by atoms with van der Waals surface area (Å²) in [6.07, 6.45) is 3.29. The van der Waals surface area contributed by atoms with Crippen molar-refractivity contribution in [2.24, 2.45) is 5.92 Å². The van der Waals surface area contributed by atoms with Gasteiger partial charge in [-0.3, -0.25) is 4.79 Å². The number of hydrogen-bond donors (Lipinski definition) is 1. The standard InChI is InChI=1S/C13H26N2O2/c1-11(2)13(16)14-7-4-8-15(3)12-5-9-17-10-6-12/h11-12H,4-10H2,1-3H3,(H,14,16). The quantitative estimate of drug-likeness (QED) is 0.713. The minimum Gasteiger partial charge on any atom is -0.381 e.